The average Bonchev–Trinajstić information content (AvgIpc) is 2.60. The van der Waals surface area contributed by atoms with E-state index in [0.717, 1.165) is 25.3 Å². The molecule has 0 fully saturated rings. The van der Waals surface area contributed by atoms with Gasteiger partial charge in [0.2, 0.25) is 0 Å². The number of nitrogens with zero attached hydrogens (tertiary/aromatic N) is 2. The fourth-order valence-electron chi connectivity index (χ4n) is 3.07. The number of unbranched alkanes of at least 4 members (excludes halogenated alkanes) is 11. The Kier molecular flexibility index (Phi) is 10.5. The average molecular weight is 348 g/mol. The lowest BCUT2D eigenvalue weighted by Gasteiger charge is -2.10. The van der Waals surface area contributed by atoms with Crippen molar-refractivity contribution in [3.05, 3.63) is 22.1 Å². The highest BCUT2D eigenvalue weighted by atomic mass is 16.3. The molecule has 1 aromatic rings. The van der Waals surface area contributed by atoms with E-state index in [2.05, 4.69) is 6.92 Å². The van der Waals surface area contributed by atoms with Crippen molar-refractivity contribution < 1.29 is 10.2 Å². The van der Waals surface area contributed by atoms with Crippen molar-refractivity contribution in [3.63, 3.8) is 0 Å². The van der Waals surface area contributed by atoms with Crippen molar-refractivity contribution in [3.8, 4) is 17.6 Å². The molecule has 0 radical (unpaired) electrons. The number of hydrogen-bond acceptors (Lipinski definition) is 4. The largest absolute Gasteiger partial charge is 0.504 e. The molecule has 5 heteroatoms. The van der Waals surface area contributed by atoms with E-state index in [1.54, 1.807) is 6.07 Å². The molecular weight excluding hydrogens is 316 g/mol. The van der Waals surface area contributed by atoms with Gasteiger partial charge in [-0.25, -0.2) is 0 Å². The Morgan fingerprint density at radius 3 is 1.88 bits per heavy atom. The lowest BCUT2D eigenvalue weighted by Crippen LogP contribution is -2.21. The zero-order chi connectivity index (χ0) is 18.5. The zero-order valence-electron chi connectivity index (χ0n) is 15.5. The van der Waals surface area contributed by atoms with E-state index in [4.69, 9.17) is 5.26 Å². The topological polar surface area (TPSA) is 86.2 Å². The highest BCUT2D eigenvalue weighted by Gasteiger charge is 2.13. The predicted octanol–water partition coefficient (Wildman–Crippen LogP) is 4.83. The van der Waals surface area contributed by atoms with Crippen LogP contribution in [0.2, 0.25) is 0 Å². The number of nitriles is 1. The van der Waals surface area contributed by atoms with Gasteiger partial charge in [0.1, 0.15) is 6.07 Å². The minimum Gasteiger partial charge on any atom is -0.504 e. The van der Waals surface area contributed by atoms with Crippen molar-refractivity contribution >= 4 is 0 Å². The summed E-state index contributed by atoms with van der Waals surface area (Å²) in [6, 6.07) is 2.75. The molecule has 1 heterocycles. The van der Waals surface area contributed by atoms with Crippen LogP contribution in [-0.4, -0.2) is 14.8 Å². The molecule has 140 valence electrons. The number of aromatic nitrogens is 1. The predicted molar refractivity (Wildman–Crippen MR) is 99.8 cm³/mol. The molecule has 0 aliphatic heterocycles. The van der Waals surface area contributed by atoms with E-state index in [1.807, 2.05) is 0 Å². The lowest BCUT2D eigenvalue weighted by molar-refractivity contribution is 0.392. The molecular formula is C20H32N2O3. The highest BCUT2D eigenvalue weighted by molar-refractivity contribution is 5.46. The van der Waals surface area contributed by atoms with Crippen molar-refractivity contribution in [2.75, 3.05) is 0 Å². The van der Waals surface area contributed by atoms with Crippen LogP contribution in [0.5, 0.6) is 11.5 Å². The van der Waals surface area contributed by atoms with Crippen LogP contribution < -0.4 is 5.56 Å². The van der Waals surface area contributed by atoms with Crippen molar-refractivity contribution in [2.45, 2.75) is 90.5 Å². The van der Waals surface area contributed by atoms with Gasteiger partial charge in [-0.1, -0.05) is 77.6 Å². The van der Waals surface area contributed by atoms with Crippen LogP contribution in [0.3, 0.4) is 0 Å². The Morgan fingerprint density at radius 2 is 1.40 bits per heavy atom. The van der Waals surface area contributed by atoms with Gasteiger partial charge < -0.3 is 10.2 Å². The second kappa shape index (κ2) is 12.4. The van der Waals surface area contributed by atoms with Gasteiger partial charge in [0, 0.05) is 12.6 Å². The monoisotopic (exact) mass is 348 g/mol. The van der Waals surface area contributed by atoms with E-state index in [-0.39, 0.29) is 5.69 Å². The molecule has 0 amide bonds. The van der Waals surface area contributed by atoms with Crippen LogP contribution in [0.15, 0.2) is 10.9 Å². The number of aromatic hydroxyl groups is 2. The van der Waals surface area contributed by atoms with E-state index in [0.29, 0.717) is 6.54 Å². The van der Waals surface area contributed by atoms with Crippen LogP contribution in [-0.2, 0) is 6.54 Å². The molecule has 1 rings (SSSR count). The first kappa shape index (κ1) is 21.1. The van der Waals surface area contributed by atoms with Crippen LogP contribution in [0.1, 0.15) is 89.7 Å². The molecule has 0 atom stereocenters. The summed E-state index contributed by atoms with van der Waals surface area (Å²) in [5, 5.41) is 28.1. The van der Waals surface area contributed by atoms with Gasteiger partial charge in [-0.2, -0.15) is 5.26 Å². The number of hydrogen-bond donors (Lipinski definition) is 2. The third-order valence-electron chi connectivity index (χ3n) is 4.60. The van der Waals surface area contributed by atoms with Gasteiger partial charge in [-0.3, -0.25) is 9.36 Å². The molecule has 25 heavy (non-hydrogen) atoms. The molecule has 0 saturated carbocycles. The third-order valence-corrected chi connectivity index (χ3v) is 4.60. The molecule has 0 saturated heterocycles. The van der Waals surface area contributed by atoms with Crippen molar-refractivity contribution in [1.29, 1.82) is 5.26 Å². The van der Waals surface area contributed by atoms with E-state index < -0.39 is 17.1 Å². The third kappa shape index (κ3) is 7.64. The Balaban J connectivity index is 2.16. The summed E-state index contributed by atoms with van der Waals surface area (Å²) in [7, 11) is 0. The molecule has 0 aliphatic carbocycles. The second-order valence-electron chi connectivity index (χ2n) is 6.72. The maximum absolute atomic E-state index is 11.8. The first-order valence-electron chi connectivity index (χ1n) is 9.67. The summed E-state index contributed by atoms with van der Waals surface area (Å²) < 4.78 is 1.24. The minimum absolute atomic E-state index is 0.159. The Labute approximate surface area is 150 Å². The van der Waals surface area contributed by atoms with Crippen molar-refractivity contribution in [1.82, 2.24) is 4.57 Å². The summed E-state index contributed by atoms with van der Waals surface area (Å²) in [6.07, 6.45) is 14.7. The second-order valence-corrected chi connectivity index (χ2v) is 6.72. The Bertz CT molecular complexity index is 602. The van der Waals surface area contributed by atoms with Crippen LogP contribution >= 0.6 is 0 Å². The summed E-state index contributed by atoms with van der Waals surface area (Å²) >= 11 is 0. The highest BCUT2D eigenvalue weighted by Crippen LogP contribution is 2.25. The van der Waals surface area contributed by atoms with Crippen LogP contribution in [0, 0.1) is 11.3 Å². The summed E-state index contributed by atoms with van der Waals surface area (Å²) in [6.45, 7) is 2.63. The smallest absolute Gasteiger partial charge is 0.255 e. The van der Waals surface area contributed by atoms with Crippen molar-refractivity contribution in [2.24, 2.45) is 0 Å². The van der Waals surface area contributed by atoms with E-state index in [1.165, 1.54) is 62.4 Å². The molecule has 0 aromatic carbocycles. The van der Waals surface area contributed by atoms with Crippen LogP contribution in [0.4, 0.5) is 0 Å². The molecule has 0 bridgehead atoms. The molecule has 5 nitrogen and oxygen atoms in total. The fourth-order valence-corrected chi connectivity index (χ4v) is 3.07. The maximum Gasteiger partial charge on any atom is 0.255 e. The summed E-state index contributed by atoms with van der Waals surface area (Å²) in [4.78, 5) is 11.8. The molecule has 1 aromatic heterocycles. The molecule has 0 spiro atoms. The normalized spacial score (nSPS) is 10.7. The minimum atomic E-state index is -0.535. The van der Waals surface area contributed by atoms with E-state index >= 15 is 0 Å². The van der Waals surface area contributed by atoms with Gasteiger partial charge in [-0.15, -0.1) is 0 Å². The van der Waals surface area contributed by atoms with Gasteiger partial charge >= 0.3 is 0 Å². The molecule has 2 N–H and O–H groups in total. The molecule has 0 unspecified atom stereocenters. The fraction of sp³-hybridized carbons (Fsp3) is 0.700. The maximum atomic E-state index is 11.8. The molecule has 0 aliphatic rings. The zero-order valence-corrected chi connectivity index (χ0v) is 15.5. The first-order valence-corrected chi connectivity index (χ1v) is 9.67. The van der Waals surface area contributed by atoms with Gasteiger partial charge in [0.15, 0.2) is 17.2 Å². The van der Waals surface area contributed by atoms with E-state index in [9.17, 15) is 15.0 Å². The SMILES string of the molecule is CCCCCCCCCCCCCCn1c(C#N)c(O)c(O)cc1=O. The van der Waals surface area contributed by atoms with Gasteiger partial charge in [-0.05, 0) is 6.42 Å². The van der Waals surface area contributed by atoms with Gasteiger partial charge in [0.05, 0.1) is 0 Å². The summed E-state index contributed by atoms with van der Waals surface area (Å²) in [5.41, 5.74) is -0.608. The lowest BCUT2D eigenvalue weighted by atomic mass is 10.1. The Hall–Kier alpha value is -1.96. The van der Waals surface area contributed by atoms with Gasteiger partial charge in [0.25, 0.3) is 5.56 Å². The standard InChI is InChI=1S/C20H32N2O3/c1-2-3-4-5-6-7-8-9-10-11-12-13-14-22-17(16-21)20(25)18(23)15-19(22)24/h15,23,25H,2-14H2,1H3. The Morgan fingerprint density at radius 1 is 0.920 bits per heavy atom. The number of pyridine rings is 1. The first-order chi connectivity index (χ1) is 12.1. The summed E-state index contributed by atoms with van der Waals surface area (Å²) in [5.74, 6) is -1.05. The quantitative estimate of drug-likeness (QED) is 0.500. The van der Waals surface area contributed by atoms with Crippen LogP contribution in [0.25, 0.3) is 0 Å². The number of rotatable bonds is 13.